The number of benzene rings is 1. The zero-order valence-corrected chi connectivity index (χ0v) is 17.7. The minimum absolute atomic E-state index is 0.0301. The normalized spacial score (nSPS) is 14.5. The van der Waals surface area contributed by atoms with Crippen molar-refractivity contribution in [3.63, 3.8) is 0 Å². The van der Waals surface area contributed by atoms with Crippen LogP contribution >= 0.6 is 0 Å². The number of aromatic nitrogens is 3. The molecule has 4 heterocycles. The minimum Gasteiger partial charge on any atom is -0.379 e. The van der Waals surface area contributed by atoms with Crippen molar-refractivity contribution in [3.05, 3.63) is 83.8 Å². The predicted molar refractivity (Wildman–Crippen MR) is 119 cm³/mol. The Bertz CT molecular complexity index is 1320. The molecule has 4 aromatic rings. The number of hydrogen-bond acceptors (Lipinski definition) is 5. The van der Waals surface area contributed by atoms with Gasteiger partial charge in [-0.2, -0.15) is 0 Å². The van der Waals surface area contributed by atoms with Gasteiger partial charge in [0.25, 0.3) is 5.91 Å². The number of rotatable bonds is 5. The second kappa shape index (κ2) is 9.05. The maximum Gasteiger partial charge on any atom is 0.260 e. The summed E-state index contributed by atoms with van der Waals surface area (Å²) in [6.45, 7) is 3.76. The van der Waals surface area contributed by atoms with Gasteiger partial charge < -0.3 is 14.5 Å². The zero-order chi connectivity index (χ0) is 22.8. The van der Waals surface area contributed by atoms with Crippen LogP contribution in [0.4, 0.5) is 14.6 Å². The third-order valence-corrected chi connectivity index (χ3v) is 5.47. The average molecular weight is 449 g/mol. The lowest BCUT2D eigenvalue weighted by molar-refractivity contribution is 0.0337. The molecule has 7 nitrogen and oxygen atoms in total. The molecule has 5 rings (SSSR count). The van der Waals surface area contributed by atoms with E-state index in [1.54, 1.807) is 35.0 Å². The van der Waals surface area contributed by atoms with Crippen LogP contribution in [0.5, 0.6) is 0 Å². The highest BCUT2D eigenvalue weighted by molar-refractivity contribution is 6.08. The van der Waals surface area contributed by atoms with Crippen molar-refractivity contribution < 1.29 is 18.3 Å². The maximum absolute atomic E-state index is 14.2. The number of halogens is 2. The minimum atomic E-state index is -0.591. The highest BCUT2D eigenvalue weighted by atomic mass is 19.1. The lowest BCUT2D eigenvalue weighted by Crippen LogP contribution is -2.35. The summed E-state index contributed by atoms with van der Waals surface area (Å²) in [5.74, 6) is -1.12. The van der Waals surface area contributed by atoms with E-state index in [-0.39, 0.29) is 11.3 Å². The molecule has 1 amide bonds. The molecule has 0 aliphatic carbocycles. The number of fused-ring (bicyclic) bond motifs is 1. The van der Waals surface area contributed by atoms with Crippen LogP contribution in [-0.2, 0) is 11.3 Å². The number of amides is 1. The van der Waals surface area contributed by atoms with Crippen LogP contribution in [0.3, 0.4) is 0 Å². The van der Waals surface area contributed by atoms with E-state index in [1.165, 1.54) is 0 Å². The fraction of sp³-hybridized carbons (Fsp3) is 0.208. The maximum atomic E-state index is 14.2. The summed E-state index contributed by atoms with van der Waals surface area (Å²) in [7, 11) is 0. The Balaban J connectivity index is 1.39. The Labute approximate surface area is 188 Å². The van der Waals surface area contributed by atoms with Gasteiger partial charge in [0.15, 0.2) is 0 Å². The quantitative estimate of drug-likeness (QED) is 0.502. The van der Waals surface area contributed by atoms with Crippen molar-refractivity contribution in [2.45, 2.75) is 6.54 Å². The van der Waals surface area contributed by atoms with Gasteiger partial charge in [0.05, 0.1) is 30.2 Å². The Hall–Kier alpha value is -3.69. The van der Waals surface area contributed by atoms with Crippen molar-refractivity contribution in [2.24, 2.45) is 0 Å². The Morgan fingerprint density at radius 2 is 1.91 bits per heavy atom. The van der Waals surface area contributed by atoms with Crippen molar-refractivity contribution in [3.8, 4) is 11.3 Å². The first-order valence-corrected chi connectivity index (χ1v) is 10.6. The van der Waals surface area contributed by atoms with Gasteiger partial charge in [-0.1, -0.05) is 6.07 Å². The van der Waals surface area contributed by atoms with Gasteiger partial charge in [-0.25, -0.2) is 18.7 Å². The van der Waals surface area contributed by atoms with Crippen LogP contribution in [0.1, 0.15) is 16.1 Å². The number of pyridine rings is 2. The fourth-order valence-electron chi connectivity index (χ4n) is 3.82. The topological polar surface area (TPSA) is 71.8 Å². The molecule has 1 aromatic carbocycles. The Morgan fingerprint density at radius 3 is 2.76 bits per heavy atom. The molecule has 9 heteroatoms. The molecule has 1 aliphatic heterocycles. The van der Waals surface area contributed by atoms with E-state index in [0.29, 0.717) is 36.8 Å². The summed E-state index contributed by atoms with van der Waals surface area (Å²) >= 11 is 0. The molecule has 0 radical (unpaired) electrons. The molecule has 1 aliphatic rings. The summed E-state index contributed by atoms with van der Waals surface area (Å²) < 4.78 is 34.8. The summed E-state index contributed by atoms with van der Waals surface area (Å²) in [6.07, 6.45) is 3.26. The molecular formula is C24H21F2N5O2. The number of ether oxygens (including phenoxy) is 1. The van der Waals surface area contributed by atoms with Crippen LogP contribution in [0.2, 0.25) is 0 Å². The van der Waals surface area contributed by atoms with Gasteiger partial charge in [0.2, 0.25) is 0 Å². The number of imidazole rings is 1. The van der Waals surface area contributed by atoms with Crippen LogP contribution < -0.4 is 5.32 Å². The first-order chi connectivity index (χ1) is 16.1. The monoisotopic (exact) mass is 449 g/mol. The van der Waals surface area contributed by atoms with Crippen molar-refractivity contribution in [2.75, 3.05) is 31.6 Å². The van der Waals surface area contributed by atoms with Crippen molar-refractivity contribution >= 4 is 17.4 Å². The lowest BCUT2D eigenvalue weighted by atomic mass is 10.1. The van der Waals surface area contributed by atoms with E-state index >= 15 is 0 Å². The summed E-state index contributed by atoms with van der Waals surface area (Å²) in [6, 6.07) is 12.0. The smallest absolute Gasteiger partial charge is 0.260 e. The molecule has 0 atom stereocenters. The third kappa shape index (κ3) is 4.59. The third-order valence-electron chi connectivity index (χ3n) is 5.47. The van der Waals surface area contributed by atoms with Gasteiger partial charge in [-0.3, -0.25) is 9.69 Å². The first-order valence-electron chi connectivity index (χ1n) is 10.6. The fourth-order valence-corrected chi connectivity index (χ4v) is 3.82. The molecular weight excluding hydrogens is 428 g/mol. The largest absolute Gasteiger partial charge is 0.379 e. The SMILES string of the molecule is O=C(Nc1cccc(CN2CCOCC2)n1)c1cccn2cc(-c3cc(F)ccc3F)nc12. The number of nitrogens with zero attached hydrogens (tertiary/aromatic N) is 4. The molecule has 1 saturated heterocycles. The van der Waals surface area contributed by atoms with E-state index in [2.05, 4.69) is 20.2 Å². The molecule has 1 N–H and O–H groups in total. The molecule has 33 heavy (non-hydrogen) atoms. The van der Waals surface area contributed by atoms with Gasteiger partial charge in [0, 0.05) is 37.6 Å². The number of nitrogens with one attached hydrogen (secondary N) is 1. The Kier molecular flexibility index (Phi) is 5.80. The van der Waals surface area contributed by atoms with Crippen LogP contribution in [0.15, 0.2) is 60.9 Å². The van der Waals surface area contributed by atoms with E-state index in [1.807, 2.05) is 12.1 Å². The first kappa shape index (κ1) is 21.2. The summed E-state index contributed by atoms with van der Waals surface area (Å²) in [5.41, 5.74) is 1.73. The van der Waals surface area contributed by atoms with Gasteiger partial charge in [0.1, 0.15) is 23.1 Å². The number of morpholine rings is 1. The second-order valence-electron chi connectivity index (χ2n) is 7.76. The van der Waals surface area contributed by atoms with Gasteiger partial charge in [-0.05, 0) is 42.5 Å². The summed E-state index contributed by atoms with van der Waals surface area (Å²) in [5, 5.41) is 2.82. The van der Waals surface area contributed by atoms with Gasteiger partial charge >= 0.3 is 0 Å². The van der Waals surface area contributed by atoms with Crippen LogP contribution in [0.25, 0.3) is 16.9 Å². The van der Waals surface area contributed by atoms with Crippen LogP contribution in [0, 0.1) is 11.6 Å². The molecule has 1 fully saturated rings. The molecule has 3 aromatic heterocycles. The van der Waals surface area contributed by atoms with Gasteiger partial charge in [-0.15, -0.1) is 0 Å². The average Bonchev–Trinajstić information content (AvgIpc) is 3.26. The molecule has 0 unspecified atom stereocenters. The van der Waals surface area contributed by atoms with E-state index < -0.39 is 17.5 Å². The second-order valence-corrected chi connectivity index (χ2v) is 7.76. The molecule has 0 bridgehead atoms. The lowest BCUT2D eigenvalue weighted by Gasteiger charge is -2.26. The number of hydrogen-bond donors (Lipinski definition) is 1. The summed E-state index contributed by atoms with van der Waals surface area (Å²) in [4.78, 5) is 24.2. The Morgan fingerprint density at radius 1 is 1.06 bits per heavy atom. The van der Waals surface area contributed by atoms with Crippen molar-refractivity contribution in [1.82, 2.24) is 19.3 Å². The van der Waals surface area contributed by atoms with Crippen molar-refractivity contribution in [1.29, 1.82) is 0 Å². The standard InChI is InChI=1S/C24H21F2N5O2/c25-16-6-7-20(26)19(13-16)21-15-31-8-2-4-18(23(31)28-21)24(32)29-22-5-1-3-17(27-22)14-30-9-11-33-12-10-30/h1-8,13,15H,9-12,14H2,(H,27,29,32). The molecule has 168 valence electrons. The van der Waals surface area contributed by atoms with E-state index in [4.69, 9.17) is 4.74 Å². The molecule has 0 saturated carbocycles. The predicted octanol–water partition coefficient (Wildman–Crippen LogP) is 3.76. The highest BCUT2D eigenvalue weighted by Gasteiger charge is 2.17. The highest BCUT2D eigenvalue weighted by Crippen LogP contribution is 2.25. The van der Waals surface area contributed by atoms with E-state index in [9.17, 15) is 13.6 Å². The number of carbonyl (C=O) groups is 1. The number of carbonyl (C=O) groups excluding carboxylic acids is 1. The van der Waals surface area contributed by atoms with Crippen LogP contribution in [-0.4, -0.2) is 51.5 Å². The van der Waals surface area contributed by atoms with E-state index in [0.717, 1.165) is 37.0 Å². The zero-order valence-electron chi connectivity index (χ0n) is 17.7. The number of anilines is 1. The molecule has 0 spiro atoms.